The van der Waals surface area contributed by atoms with Gasteiger partial charge in [-0.25, -0.2) is 0 Å². The average molecular weight is 551 g/mol. The maximum atomic E-state index is 13.1. The van der Waals surface area contributed by atoms with Crippen molar-refractivity contribution in [1.29, 1.82) is 0 Å². The van der Waals surface area contributed by atoms with E-state index in [1.165, 1.54) is 6.07 Å². The van der Waals surface area contributed by atoms with E-state index in [1.54, 1.807) is 48.5 Å². The maximum absolute atomic E-state index is 13.1. The Bertz CT molecular complexity index is 1420. The van der Waals surface area contributed by atoms with Crippen molar-refractivity contribution in [2.45, 2.75) is 12.3 Å². The van der Waals surface area contributed by atoms with Gasteiger partial charge in [-0.3, -0.25) is 14.7 Å². The van der Waals surface area contributed by atoms with Crippen molar-refractivity contribution in [2.75, 3.05) is 17.2 Å². The Kier molecular flexibility index (Phi) is 7.84. The van der Waals surface area contributed by atoms with E-state index in [1.807, 2.05) is 0 Å². The molecule has 4 aromatic rings. The summed E-state index contributed by atoms with van der Waals surface area (Å²) in [4.78, 5) is 25.8. The Hall–Kier alpha value is -2.81. The van der Waals surface area contributed by atoms with E-state index in [9.17, 15) is 9.59 Å². The molecule has 0 spiro atoms. The molecule has 11 heteroatoms. The fourth-order valence-electron chi connectivity index (χ4n) is 3.58. The topological polar surface area (TPSA) is 113 Å². The molecule has 0 aliphatic carbocycles. The van der Waals surface area contributed by atoms with Crippen LogP contribution in [-0.4, -0.2) is 28.6 Å². The molecule has 1 heterocycles. The second kappa shape index (κ2) is 10.8. The molecule has 3 aromatic carbocycles. The van der Waals surface area contributed by atoms with E-state index < -0.39 is 11.8 Å². The fourth-order valence-corrected chi connectivity index (χ4v) is 4.18. The molecule has 0 saturated heterocycles. The summed E-state index contributed by atoms with van der Waals surface area (Å²) >= 11 is 24.1. The van der Waals surface area contributed by atoms with Crippen molar-refractivity contribution in [3.05, 3.63) is 85.8 Å². The van der Waals surface area contributed by atoms with Crippen LogP contribution in [0.1, 0.15) is 28.3 Å². The lowest BCUT2D eigenvalue weighted by Crippen LogP contribution is -2.23. The number of aromatic nitrogens is 2. The lowest BCUT2D eigenvalue weighted by Gasteiger charge is -2.17. The normalized spacial score (nSPS) is 11.9. The van der Waals surface area contributed by atoms with Gasteiger partial charge in [0, 0.05) is 16.6 Å². The number of nitrogens with one attached hydrogen (secondary N) is 3. The van der Waals surface area contributed by atoms with Gasteiger partial charge in [0.1, 0.15) is 0 Å². The monoisotopic (exact) mass is 549 g/mol. The van der Waals surface area contributed by atoms with Crippen LogP contribution in [0.4, 0.5) is 11.5 Å². The zero-order valence-electron chi connectivity index (χ0n) is 18.0. The lowest BCUT2D eigenvalue weighted by atomic mass is 9.94. The summed E-state index contributed by atoms with van der Waals surface area (Å²) < 4.78 is 0. The number of hydrogen-bond donors (Lipinski definition) is 4. The number of nitrogens with zero attached hydrogens (tertiary/aromatic N) is 1. The van der Waals surface area contributed by atoms with Gasteiger partial charge in [0.15, 0.2) is 5.82 Å². The molecule has 1 aromatic heterocycles. The number of carbonyl (C=O) groups is 2. The van der Waals surface area contributed by atoms with Crippen molar-refractivity contribution >= 4 is 80.6 Å². The summed E-state index contributed by atoms with van der Waals surface area (Å²) in [6, 6.07) is 14.8. The summed E-state index contributed by atoms with van der Waals surface area (Å²) in [7, 11) is 0. The van der Waals surface area contributed by atoms with Crippen LogP contribution in [-0.2, 0) is 4.79 Å². The quantitative estimate of drug-likeness (QED) is 0.210. The van der Waals surface area contributed by atoms with E-state index in [0.717, 1.165) is 0 Å². The molecule has 0 aliphatic heterocycles. The second-order valence-electron chi connectivity index (χ2n) is 7.71. The summed E-state index contributed by atoms with van der Waals surface area (Å²) in [6.45, 7) is 0.310. The Labute approximate surface area is 220 Å². The molecule has 180 valence electrons. The molecule has 5 N–H and O–H groups in total. The number of aromatic amines is 1. The molecule has 35 heavy (non-hydrogen) atoms. The van der Waals surface area contributed by atoms with Crippen molar-refractivity contribution in [1.82, 2.24) is 10.2 Å². The number of halogens is 4. The highest BCUT2D eigenvalue weighted by atomic mass is 35.5. The van der Waals surface area contributed by atoms with Gasteiger partial charge in [-0.2, -0.15) is 5.10 Å². The molecular weight excluding hydrogens is 532 g/mol. The third-order valence-electron chi connectivity index (χ3n) is 5.36. The smallest absolute Gasteiger partial charge is 0.256 e. The van der Waals surface area contributed by atoms with Gasteiger partial charge in [-0.05, 0) is 67.1 Å². The highest BCUT2D eigenvalue weighted by molar-refractivity contribution is 6.42. The largest absolute Gasteiger partial charge is 0.330 e. The molecule has 0 fully saturated rings. The first-order valence-corrected chi connectivity index (χ1v) is 12.0. The van der Waals surface area contributed by atoms with E-state index in [4.69, 9.17) is 52.1 Å². The van der Waals surface area contributed by atoms with E-state index in [2.05, 4.69) is 20.8 Å². The van der Waals surface area contributed by atoms with Crippen molar-refractivity contribution in [3.63, 3.8) is 0 Å². The van der Waals surface area contributed by atoms with Crippen molar-refractivity contribution in [3.8, 4) is 0 Å². The third kappa shape index (κ3) is 5.72. The summed E-state index contributed by atoms with van der Waals surface area (Å²) in [5.41, 5.74) is 7.99. The van der Waals surface area contributed by atoms with Gasteiger partial charge < -0.3 is 16.4 Å². The SMILES string of the molecule is NCCC(C(=O)Nc1ccc2[nH]nc(NC(=O)c3ccc(Cl)c(Cl)c3)c2c1)c1ccc(Cl)c(Cl)c1. The predicted molar refractivity (Wildman–Crippen MR) is 142 cm³/mol. The van der Waals surface area contributed by atoms with Crippen LogP contribution in [0.15, 0.2) is 54.6 Å². The molecule has 0 saturated carbocycles. The van der Waals surface area contributed by atoms with Crippen molar-refractivity contribution < 1.29 is 9.59 Å². The number of benzene rings is 3. The minimum Gasteiger partial charge on any atom is -0.330 e. The van der Waals surface area contributed by atoms with Gasteiger partial charge in [-0.1, -0.05) is 52.5 Å². The molecule has 4 rings (SSSR count). The molecule has 0 bridgehead atoms. The van der Waals surface area contributed by atoms with Crippen LogP contribution in [0.25, 0.3) is 10.9 Å². The zero-order chi connectivity index (χ0) is 25.1. The molecule has 1 atom stereocenters. The number of fused-ring (bicyclic) bond motifs is 1. The van der Waals surface area contributed by atoms with Crippen LogP contribution < -0.4 is 16.4 Å². The lowest BCUT2D eigenvalue weighted by molar-refractivity contribution is -0.117. The first-order chi connectivity index (χ1) is 16.8. The van der Waals surface area contributed by atoms with E-state index in [-0.39, 0.29) is 10.9 Å². The Morgan fingerprint density at radius 3 is 2.29 bits per heavy atom. The van der Waals surface area contributed by atoms with Gasteiger partial charge in [-0.15, -0.1) is 0 Å². The maximum Gasteiger partial charge on any atom is 0.256 e. The highest BCUT2D eigenvalue weighted by Crippen LogP contribution is 2.30. The van der Waals surface area contributed by atoms with Gasteiger partial charge in [0.05, 0.1) is 31.5 Å². The van der Waals surface area contributed by atoms with E-state index in [0.29, 0.717) is 61.6 Å². The van der Waals surface area contributed by atoms with Crippen LogP contribution in [0.2, 0.25) is 20.1 Å². The van der Waals surface area contributed by atoms with Crippen LogP contribution >= 0.6 is 46.4 Å². The number of amides is 2. The molecule has 0 aliphatic rings. The standard InChI is InChI=1S/C24H19Cl4N5O2/c25-17-4-1-12(9-19(17)27)15(7-8-29)24(35)30-14-3-6-21-16(11-14)22(33-32-21)31-23(34)13-2-5-18(26)20(28)10-13/h1-6,9-11,15H,7-8,29H2,(H,30,35)(H2,31,32,33,34). The van der Waals surface area contributed by atoms with E-state index >= 15 is 0 Å². The summed E-state index contributed by atoms with van der Waals surface area (Å²) in [5, 5.41) is 14.7. The number of nitrogens with two attached hydrogens (primary N) is 1. The Morgan fingerprint density at radius 1 is 0.886 bits per heavy atom. The van der Waals surface area contributed by atoms with Gasteiger partial charge in [0.25, 0.3) is 5.91 Å². The number of rotatable bonds is 7. The third-order valence-corrected chi connectivity index (χ3v) is 6.84. The first-order valence-electron chi connectivity index (χ1n) is 10.5. The number of H-pyrrole nitrogens is 1. The first kappa shape index (κ1) is 25.3. The minimum absolute atomic E-state index is 0.252. The Balaban J connectivity index is 1.56. The highest BCUT2D eigenvalue weighted by Gasteiger charge is 2.21. The zero-order valence-corrected chi connectivity index (χ0v) is 21.1. The summed E-state index contributed by atoms with van der Waals surface area (Å²) in [5.74, 6) is -0.883. The molecule has 2 amide bonds. The minimum atomic E-state index is -0.524. The second-order valence-corrected chi connectivity index (χ2v) is 9.34. The van der Waals surface area contributed by atoms with Gasteiger partial charge in [0.2, 0.25) is 5.91 Å². The molecular formula is C24H19Cl4N5O2. The van der Waals surface area contributed by atoms with Gasteiger partial charge >= 0.3 is 0 Å². The van der Waals surface area contributed by atoms with Crippen molar-refractivity contribution in [2.24, 2.45) is 5.73 Å². The Morgan fingerprint density at radius 2 is 1.60 bits per heavy atom. The molecule has 0 radical (unpaired) electrons. The van der Waals surface area contributed by atoms with Crippen LogP contribution in [0, 0.1) is 0 Å². The molecule has 7 nitrogen and oxygen atoms in total. The number of hydrogen-bond acceptors (Lipinski definition) is 4. The van der Waals surface area contributed by atoms with Crippen LogP contribution in [0.5, 0.6) is 0 Å². The predicted octanol–water partition coefficient (Wildman–Crippen LogP) is 6.50. The summed E-state index contributed by atoms with van der Waals surface area (Å²) in [6.07, 6.45) is 0.419. The number of anilines is 2. The fraction of sp³-hybridized carbons (Fsp3) is 0.125. The van der Waals surface area contributed by atoms with Crippen LogP contribution in [0.3, 0.4) is 0 Å². The molecule has 1 unspecified atom stereocenters. The number of carbonyl (C=O) groups excluding carboxylic acids is 2. The average Bonchev–Trinajstić information content (AvgIpc) is 3.23.